The van der Waals surface area contributed by atoms with Crippen LogP contribution in [0.25, 0.3) is 10.9 Å². The molecule has 0 amide bonds. The Labute approximate surface area is 139 Å². The SMILES string of the molecule is CN1CCN([C@H](C(=O)O)c2cn(CC(=O)O)c3ccccc23)CC1. The van der Waals surface area contributed by atoms with Gasteiger partial charge in [0.2, 0.25) is 0 Å². The third-order valence-corrected chi connectivity index (χ3v) is 4.56. The molecule has 128 valence electrons. The molecule has 1 aromatic carbocycles. The Morgan fingerprint density at radius 3 is 2.42 bits per heavy atom. The highest BCUT2D eigenvalue weighted by molar-refractivity contribution is 5.90. The van der Waals surface area contributed by atoms with Crippen molar-refractivity contribution in [2.75, 3.05) is 33.2 Å². The maximum Gasteiger partial charge on any atom is 0.325 e. The summed E-state index contributed by atoms with van der Waals surface area (Å²) in [7, 11) is 2.02. The van der Waals surface area contributed by atoms with Gasteiger partial charge >= 0.3 is 11.9 Å². The zero-order chi connectivity index (χ0) is 17.3. The molecule has 7 heteroatoms. The molecule has 3 rings (SSSR count). The first-order valence-electron chi connectivity index (χ1n) is 7.92. The van der Waals surface area contributed by atoms with Crippen LogP contribution in [0.1, 0.15) is 11.6 Å². The number of aliphatic carboxylic acids is 2. The minimum Gasteiger partial charge on any atom is -0.480 e. The van der Waals surface area contributed by atoms with E-state index in [4.69, 9.17) is 5.11 Å². The van der Waals surface area contributed by atoms with Crippen LogP contribution in [0.3, 0.4) is 0 Å². The van der Waals surface area contributed by atoms with Crippen LogP contribution in [-0.2, 0) is 16.1 Å². The molecule has 1 fully saturated rings. The summed E-state index contributed by atoms with van der Waals surface area (Å²) in [5.41, 5.74) is 1.40. The fraction of sp³-hybridized carbons (Fsp3) is 0.412. The van der Waals surface area contributed by atoms with Crippen LogP contribution in [0.2, 0.25) is 0 Å². The second-order valence-electron chi connectivity index (χ2n) is 6.20. The van der Waals surface area contributed by atoms with Gasteiger partial charge in [0.1, 0.15) is 12.6 Å². The number of nitrogens with zero attached hydrogens (tertiary/aromatic N) is 3. The second-order valence-corrected chi connectivity index (χ2v) is 6.20. The standard InChI is InChI=1S/C17H21N3O4/c1-18-6-8-19(9-7-18)16(17(23)24)13-10-20(11-15(21)22)14-5-3-2-4-12(13)14/h2-5,10,16H,6-9,11H2,1H3,(H,21,22)(H,23,24)/t16-/m0/s1. The van der Waals surface area contributed by atoms with Crippen LogP contribution in [0.15, 0.2) is 30.5 Å². The Bertz CT molecular complexity index is 762. The van der Waals surface area contributed by atoms with Crippen molar-refractivity contribution in [1.82, 2.24) is 14.4 Å². The van der Waals surface area contributed by atoms with Crippen molar-refractivity contribution in [3.8, 4) is 0 Å². The minimum absolute atomic E-state index is 0.185. The lowest BCUT2D eigenvalue weighted by Gasteiger charge is -2.36. The van der Waals surface area contributed by atoms with E-state index in [0.29, 0.717) is 18.7 Å². The Hall–Kier alpha value is -2.38. The largest absolute Gasteiger partial charge is 0.480 e. The first-order chi connectivity index (χ1) is 11.5. The molecule has 2 aromatic rings. The van der Waals surface area contributed by atoms with Gasteiger partial charge in [-0.3, -0.25) is 14.5 Å². The highest BCUT2D eigenvalue weighted by Crippen LogP contribution is 2.31. The van der Waals surface area contributed by atoms with E-state index in [-0.39, 0.29) is 6.54 Å². The van der Waals surface area contributed by atoms with Gasteiger partial charge in [0.25, 0.3) is 0 Å². The number of piperazine rings is 1. The van der Waals surface area contributed by atoms with Crippen LogP contribution >= 0.6 is 0 Å². The van der Waals surface area contributed by atoms with Crippen LogP contribution in [0.5, 0.6) is 0 Å². The zero-order valence-electron chi connectivity index (χ0n) is 13.6. The van der Waals surface area contributed by atoms with Gasteiger partial charge in [0.15, 0.2) is 0 Å². The van der Waals surface area contributed by atoms with Gasteiger partial charge < -0.3 is 19.7 Å². The van der Waals surface area contributed by atoms with Gasteiger partial charge in [-0.15, -0.1) is 0 Å². The molecule has 1 aliphatic rings. The summed E-state index contributed by atoms with van der Waals surface area (Å²) in [6.45, 7) is 2.79. The Morgan fingerprint density at radius 1 is 1.12 bits per heavy atom. The number of hydrogen-bond donors (Lipinski definition) is 2. The molecule has 0 radical (unpaired) electrons. The number of carboxylic acid groups (broad SMARTS) is 2. The Balaban J connectivity index is 2.04. The number of aromatic nitrogens is 1. The Morgan fingerprint density at radius 2 is 1.79 bits per heavy atom. The Kier molecular flexibility index (Phi) is 4.55. The van der Waals surface area contributed by atoms with Gasteiger partial charge in [0, 0.05) is 48.8 Å². The third kappa shape index (κ3) is 3.13. The maximum absolute atomic E-state index is 12.0. The van der Waals surface area contributed by atoms with Crippen molar-refractivity contribution in [1.29, 1.82) is 0 Å². The quantitative estimate of drug-likeness (QED) is 0.853. The summed E-state index contributed by atoms with van der Waals surface area (Å²) in [5.74, 6) is -1.86. The van der Waals surface area contributed by atoms with Crippen molar-refractivity contribution < 1.29 is 19.8 Å². The average Bonchev–Trinajstić information content (AvgIpc) is 2.87. The molecule has 24 heavy (non-hydrogen) atoms. The highest BCUT2D eigenvalue weighted by atomic mass is 16.4. The molecule has 1 saturated heterocycles. The molecule has 0 spiro atoms. The molecule has 0 unspecified atom stereocenters. The van der Waals surface area contributed by atoms with E-state index < -0.39 is 18.0 Å². The second kappa shape index (κ2) is 6.62. The number of carbonyl (C=O) groups is 2. The predicted molar refractivity (Wildman–Crippen MR) is 89.0 cm³/mol. The predicted octanol–water partition coefficient (Wildman–Crippen LogP) is 1.10. The molecule has 1 aromatic heterocycles. The normalized spacial score (nSPS) is 17.9. The number of carboxylic acids is 2. The van der Waals surface area contributed by atoms with Crippen LogP contribution in [0.4, 0.5) is 0 Å². The van der Waals surface area contributed by atoms with Crippen molar-refractivity contribution in [2.45, 2.75) is 12.6 Å². The summed E-state index contributed by atoms with van der Waals surface area (Å²) in [6.07, 6.45) is 1.68. The maximum atomic E-state index is 12.0. The molecule has 1 atom stereocenters. The number of rotatable bonds is 5. The summed E-state index contributed by atoms with van der Waals surface area (Å²) < 4.78 is 1.61. The summed E-state index contributed by atoms with van der Waals surface area (Å²) in [5, 5.41) is 19.7. The third-order valence-electron chi connectivity index (χ3n) is 4.56. The van der Waals surface area contributed by atoms with Crippen molar-refractivity contribution >= 4 is 22.8 Å². The summed E-state index contributed by atoms with van der Waals surface area (Å²) >= 11 is 0. The fourth-order valence-electron chi connectivity index (χ4n) is 3.34. The zero-order valence-corrected chi connectivity index (χ0v) is 13.6. The smallest absolute Gasteiger partial charge is 0.325 e. The van der Waals surface area contributed by atoms with Gasteiger partial charge in [-0.05, 0) is 13.1 Å². The molecule has 0 saturated carbocycles. The number of hydrogen-bond acceptors (Lipinski definition) is 4. The highest BCUT2D eigenvalue weighted by Gasteiger charge is 2.32. The van der Waals surface area contributed by atoms with E-state index in [9.17, 15) is 14.7 Å². The molecule has 7 nitrogen and oxygen atoms in total. The van der Waals surface area contributed by atoms with Gasteiger partial charge in [-0.2, -0.15) is 0 Å². The number of benzene rings is 1. The van der Waals surface area contributed by atoms with Crippen molar-refractivity contribution in [3.63, 3.8) is 0 Å². The lowest BCUT2D eigenvalue weighted by Crippen LogP contribution is -2.47. The topological polar surface area (TPSA) is 86.0 Å². The van der Waals surface area contributed by atoms with Gasteiger partial charge in [0.05, 0.1) is 0 Å². The van der Waals surface area contributed by atoms with E-state index in [2.05, 4.69) is 4.90 Å². The number of likely N-dealkylation sites (N-methyl/N-ethyl adjacent to an activating group) is 1. The van der Waals surface area contributed by atoms with Crippen LogP contribution in [-0.4, -0.2) is 69.7 Å². The molecule has 2 N–H and O–H groups in total. The number of para-hydroxylation sites is 1. The summed E-state index contributed by atoms with van der Waals surface area (Å²) in [4.78, 5) is 27.2. The van der Waals surface area contributed by atoms with Gasteiger partial charge in [-0.25, -0.2) is 0 Å². The first kappa shape index (κ1) is 16.5. The molecule has 2 heterocycles. The lowest BCUT2D eigenvalue weighted by atomic mass is 10.0. The minimum atomic E-state index is -0.950. The molecular weight excluding hydrogens is 310 g/mol. The molecule has 0 bridgehead atoms. The number of fused-ring (bicyclic) bond motifs is 1. The first-order valence-corrected chi connectivity index (χ1v) is 7.92. The van der Waals surface area contributed by atoms with E-state index in [1.807, 2.05) is 36.2 Å². The van der Waals surface area contributed by atoms with E-state index >= 15 is 0 Å². The average molecular weight is 331 g/mol. The monoisotopic (exact) mass is 331 g/mol. The molecular formula is C17H21N3O4. The van der Waals surface area contributed by atoms with Crippen molar-refractivity contribution in [2.24, 2.45) is 0 Å². The van der Waals surface area contributed by atoms with E-state index in [0.717, 1.165) is 24.0 Å². The van der Waals surface area contributed by atoms with Gasteiger partial charge in [-0.1, -0.05) is 18.2 Å². The van der Waals surface area contributed by atoms with Crippen molar-refractivity contribution in [3.05, 3.63) is 36.0 Å². The summed E-state index contributed by atoms with van der Waals surface area (Å²) in [6, 6.07) is 6.59. The molecule has 0 aliphatic carbocycles. The van der Waals surface area contributed by atoms with Crippen LogP contribution in [0, 0.1) is 0 Å². The molecule has 1 aliphatic heterocycles. The van der Waals surface area contributed by atoms with E-state index in [1.54, 1.807) is 10.8 Å². The van der Waals surface area contributed by atoms with E-state index in [1.165, 1.54) is 0 Å². The lowest BCUT2D eigenvalue weighted by molar-refractivity contribution is -0.144. The van der Waals surface area contributed by atoms with Crippen LogP contribution < -0.4 is 0 Å². The fourth-order valence-corrected chi connectivity index (χ4v) is 3.34.